The number of sulfonamides is 1. The highest BCUT2D eigenvalue weighted by Gasteiger charge is 2.83. The van der Waals surface area contributed by atoms with Gasteiger partial charge in [0.15, 0.2) is 0 Å². The van der Waals surface area contributed by atoms with E-state index in [1.807, 2.05) is 24.3 Å². The summed E-state index contributed by atoms with van der Waals surface area (Å²) in [5, 5.41) is 15.6. The van der Waals surface area contributed by atoms with Crippen molar-refractivity contribution in [1.82, 2.24) is 4.90 Å². The zero-order valence-corrected chi connectivity index (χ0v) is 19.8. The molecule has 6 rings (SSSR count). The number of benzene rings is 2. The second-order valence-electron chi connectivity index (χ2n) is 11.1. The van der Waals surface area contributed by atoms with Gasteiger partial charge in [0.25, 0.3) is 0 Å². The van der Waals surface area contributed by atoms with Crippen LogP contribution < -0.4 is 5.14 Å². The molecule has 6 heteroatoms. The van der Waals surface area contributed by atoms with Crippen LogP contribution in [-0.2, 0) is 28.3 Å². The summed E-state index contributed by atoms with van der Waals surface area (Å²) in [5.74, 6) is 3.37. The third-order valence-corrected chi connectivity index (χ3v) is 10.9. The maximum Gasteiger partial charge on any atom is 0.238 e. The van der Waals surface area contributed by atoms with Gasteiger partial charge in [0, 0.05) is 18.0 Å². The third-order valence-electron chi connectivity index (χ3n) is 9.98. The van der Waals surface area contributed by atoms with Crippen LogP contribution in [0, 0.1) is 29.1 Å². The molecule has 0 aliphatic heterocycles. The van der Waals surface area contributed by atoms with E-state index in [4.69, 9.17) is 5.14 Å². The summed E-state index contributed by atoms with van der Waals surface area (Å²) in [5.41, 5.74) is 4.44. The lowest BCUT2D eigenvalue weighted by Gasteiger charge is -2.71. The fraction of sp³-hybridized carbons (Fsp3) is 0.538. The molecular weight excluding hydrogens is 420 g/mol. The average Bonchev–Trinajstić information content (AvgIpc) is 2.83. The van der Waals surface area contributed by atoms with Gasteiger partial charge in [-0.15, -0.1) is 0 Å². The number of fused-ring (bicyclic) bond motifs is 2. The van der Waals surface area contributed by atoms with Crippen molar-refractivity contribution < 1.29 is 13.5 Å². The number of phenols is 1. The molecule has 3 saturated carbocycles. The summed E-state index contributed by atoms with van der Waals surface area (Å²) >= 11 is 0. The summed E-state index contributed by atoms with van der Waals surface area (Å²) in [7, 11) is -1.40. The first-order valence-corrected chi connectivity index (χ1v) is 13.3. The van der Waals surface area contributed by atoms with E-state index in [2.05, 4.69) is 31.9 Å². The Balaban J connectivity index is 1.31. The van der Waals surface area contributed by atoms with Crippen molar-refractivity contribution in [2.45, 2.75) is 49.5 Å². The fourth-order valence-electron chi connectivity index (χ4n) is 8.85. The number of aromatic hydroxyl groups is 1. The van der Waals surface area contributed by atoms with E-state index in [1.54, 1.807) is 12.1 Å². The second kappa shape index (κ2) is 6.37. The van der Waals surface area contributed by atoms with Gasteiger partial charge in [-0.1, -0.05) is 32.0 Å². The van der Waals surface area contributed by atoms with Crippen molar-refractivity contribution in [3.63, 3.8) is 0 Å². The van der Waals surface area contributed by atoms with Crippen LogP contribution >= 0.6 is 0 Å². The molecule has 32 heavy (non-hydrogen) atoms. The Bertz CT molecular complexity index is 1210. The lowest BCUT2D eigenvalue weighted by Crippen LogP contribution is -2.68. The Labute approximate surface area is 190 Å². The Hall–Kier alpha value is -1.89. The van der Waals surface area contributed by atoms with Crippen molar-refractivity contribution in [2.24, 2.45) is 34.2 Å². The molecule has 0 heterocycles. The molecule has 0 saturated heterocycles. The molecule has 2 aromatic rings. The summed E-state index contributed by atoms with van der Waals surface area (Å²) in [6, 6.07) is 13.5. The molecule has 1 spiro atoms. The van der Waals surface area contributed by atoms with Gasteiger partial charge in [-0.2, -0.15) is 0 Å². The van der Waals surface area contributed by atoms with Crippen molar-refractivity contribution in [1.29, 1.82) is 0 Å². The molecule has 2 aromatic carbocycles. The monoisotopic (exact) mass is 452 g/mol. The number of nitrogens with two attached hydrogens (primary N) is 1. The first kappa shape index (κ1) is 20.7. The molecule has 0 aromatic heterocycles. The Kier molecular flexibility index (Phi) is 4.12. The van der Waals surface area contributed by atoms with Gasteiger partial charge in [-0.05, 0) is 96.4 Å². The zero-order chi connectivity index (χ0) is 22.6. The van der Waals surface area contributed by atoms with Gasteiger partial charge in [0.2, 0.25) is 10.0 Å². The number of phenolic OH excluding ortho intramolecular Hbond substituents is 1. The molecular formula is C26H32N2O3S. The predicted molar refractivity (Wildman–Crippen MR) is 124 cm³/mol. The number of nitrogens with zero attached hydrogens (tertiary/aromatic N) is 1. The van der Waals surface area contributed by atoms with Crippen LogP contribution in [0.25, 0.3) is 0 Å². The lowest BCUT2D eigenvalue weighted by atomic mass is 9.33. The quantitative estimate of drug-likeness (QED) is 0.729. The van der Waals surface area contributed by atoms with E-state index < -0.39 is 10.0 Å². The highest BCUT2D eigenvalue weighted by atomic mass is 32.2. The summed E-state index contributed by atoms with van der Waals surface area (Å²) in [4.78, 5) is 2.72. The van der Waals surface area contributed by atoms with Crippen LogP contribution in [0.4, 0.5) is 0 Å². The van der Waals surface area contributed by atoms with Crippen molar-refractivity contribution in [3.8, 4) is 5.75 Å². The van der Waals surface area contributed by atoms with Crippen molar-refractivity contribution in [2.75, 3.05) is 13.6 Å². The normalized spacial score (nSPS) is 38.6. The van der Waals surface area contributed by atoms with Crippen LogP contribution in [0.2, 0.25) is 0 Å². The summed E-state index contributed by atoms with van der Waals surface area (Å²) in [6.45, 7) is 5.83. The van der Waals surface area contributed by atoms with E-state index in [0.29, 0.717) is 29.0 Å². The molecule has 0 amide bonds. The molecule has 5 nitrogen and oxygen atoms in total. The van der Waals surface area contributed by atoms with Gasteiger partial charge in [-0.25, -0.2) is 13.6 Å². The van der Waals surface area contributed by atoms with Gasteiger partial charge in [-0.3, -0.25) is 0 Å². The Morgan fingerprint density at radius 2 is 1.91 bits per heavy atom. The standard InChI is InChI=1S/C26H32N2O3S/c1-15-20-13-22-25(2)21-12-18(29)7-6-17(21)14-26(20,22)23(15)24(25)28(3)11-10-16-4-8-19(9-5-16)32(27,30)31/h4-9,12,15,20,22-24,29H,10-11,13-14H2,1-3H3,(H2,27,30,31)/t15?,20?,22?,23-,24+,25+,26?/m0/s1. The third kappa shape index (κ3) is 2.38. The SMILES string of the molecule is CC1C2CC3C24Cc2ccc(O)cc2[C@@]3(C)[C@H](N(C)CCc2ccc(S(N)(=O)=O)cc2)[C@H]14. The Morgan fingerprint density at radius 3 is 2.59 bits per heavy atom. The van der Waals surface area contributed by atoms with E-state index in [0.717, 1.165) is 30.4 Å². The molecule has 3 fully saturated rings. The predicted octanol–water partition coefficient (Wildman–Crippen LogP) is 3.30. The highest BCUT2D eigenvalue weighted by Crippen LogP contribution is 2.84. The molecule has 7 atom stereocenters. The van der Waals surface area contributed by atoms with Gasteiger partial charge >= 0.3 is 0 Å². The number of hydrogen-bond acceptors (Lipinski definition) is 4. The molecule has 3 N–H and O–H groups in total. The van der Waals surface area contributed by atoms with Crippen LogP contribution in [0.15, 0.2) is 47.4 Å². The number of likely N-dealkylation sites (N-methyl/N-ethyl adjacent to an activating group) is 1. The molecule has 4 aliphatic carbocycles. The van der Waals surface area contributed by atoms with Crippen LogP contribution in [0.1, 0.15) is 37.0 Å². The Morgan fingerprint density at radius 1 is 1.19 bits per heavy atom. The van der Waals surface area contributed by atoms with Gasteiger partial charge in [0.1, 0.15) is 5.75 Å². The second-order valence-corrected chi connectivity index (χ2v) is 12.6. The smallest absolute Gasteiger partial charge is 0.238 e. The number of primary sulfonamides is 1. The fourth-order valence-corrected chi connectivity index (χ4v) is 9.37. The highest BCUT2D eigenvalue weighted by molar-refractivity contribution is 7.89. The zero-order valence-electron chi connectivity index (χ0n) is 19.0. The summed E-state index contributed by atoms with van der Waals surface area (Å²) in [6.07, 6.45) is 3.35. The average molecular weight is 453 g/mol. The van der Waals surface area contributed by atoms with Crippen LogP contribution in [0.3, 0.4) is 0 Å². The van der Waals surface area contributed by atoms with E-state index in [1.165, 1.54) is 24.0 Å². The van der Waals surface area contributed by atoms with E-state index in [9.17, 15) is 13.5 Å². The molecule has 4 unspecified atom stereocenters. The minimum absolute atomic E-state index is 0.0600. The largest absolute Gasteiger partial charge is 0.508 e. The van der Waals surface area contributed by atoms with Crippen LogP contribution in [0.5, 0.6) is 5.75 Å². The first-order valence-electron chi connectivity index (χ1n) is 11.7. The first-order chi connectivity index (χ1) is 15.1. The van der Waals surface area contributed by atoms with Gasteiger partial charge < -0.3 is 10.0 Å². The van der Waals surface area contributed by atoms with E-state index in [-0.39, 0.29) is 10.3 Å². The minimum Gasteiger partial charge on any atom is -0.508 e. The molecule has 2 bridgehead atoms. The van der Waals surface area contributed by atoms with Crippen LogP contribution in [-0.4, -0.2) is 38.1 Å². The maximum absolute atomic E-state index is 11.5. The number of hydrogen-bond donors (Lipinski definition) is 2. The summed E-state index contributed by atoms with van der Waals surface area (Å²) < 4.78 is 23.1. The maximum atomic E-state index is 11.5. The van der Waals surface area contributed by atoms with Gasteiger partial charge in [0.05, 0.1) is 4.90 Å². The lowest BCUT2D eigenvalue weighted by molar-refractivity contribution is -0.219. The molecule has 4 aliphatic rings. The number of rotatable bonds is 5. The van der Waals surface area contributed by atoms with Crippen molar-refractivity contribution >= 4 is 10.0 Å². The van der Waals surface area contributed by atoms with Crippen molar-refractivity contribution in [3.05, 3.63) is 59.2 Å². The van der Waals surface area contributed by atoms with E-state index >= 15 is 0 Å². The topological polar surface area (TPSA) is 83.6 Å². The molecule has 170 valence electrons. The molecule has 0 radical (unpaired) electrons. The minimum atomic E-state index is -3.66.